The van der Waals surface area contributed by atoms with Crippen LogP contribution in [0.3, 0.4) is 0 Å². The number of allylic oxidation sites excluding steroid dienone is 44. The second-order valence-electron chi connectivity index (χ2n) is 26.6. The first kappa shape index (κ1) is 97.3. The summed E-state index contributed by atoms with van der Waals surface area (Å²) in [6.07, 6.45) is 133. The second-order valence-corrected chi connectivity index (χ2v) is 28.0. The Balaban J connectivity index is 4.19. The van der Waals surface area contributed by atoms with E-state index in [1.165, 1.54) is 6.42 Å². The molecule has 0 radical (unpaired) electrons. The number of unbranched alkanes of at least 4 members (excludes halogenated alkanes) is 12. The Morgan fingerprint density at radius 2 is 0.519 bits per heavy atom. The van der Waals surface area contributed by atoms with Gasteiger partial charge in [0.15, 0.2) is 6.10 Å². The molecule has 0 heterocycles. The highest BCUT2D eigenvalue weighted by Crippen LogP contribution is 2.38. The number of quaternary nitrogens is 1. The normalized spacial score (nSPS) is 14.5. The third-order valence-electron chi connectivity index (χ3n) is 15.7. The number of ether oxygens (including phenoxy) is 2. The van der Waals surface area contributed by atoms with Gasteiger partial charge in [0.2, 0.25) is 0 Å². The van der Waals surface area contributed by atoms with Crippen molar-refractivity contribution in [3.8, 4) is 0 Å². The summed E-state index contributed by atoms with van der Waals surface area (Å²) in [7, 11) is 1.11. The molecular formula is C94H144NO8P. The lowest BCUT2D eigenvalue weighted by molar-refractivity contribution is -0.870. The Morgan fingerprint density at radius 3 is 0.769 bits per heavy atom. The molecular weight excluding hydrogens is 1300 g/mol. The van der Waals surface area contributed by atoms with Crippen molar-refractivity contribution < 1.29 is 42.1 Å². The molecule has 578 valence electrons. The van der Waals surface area contributed by atoms with Crippen LogP contribution in [0.4, 0.5) is 0 Å². The van der Waals surface area contributed by atoms with Crippen LogP contribution in [0.15, 0.2) is 267 Å². The van der Waals surface area contributed by atoms with E-state index < -0.39 is 32.5 Å². The number of rotatable bonds is 70. The summed E-state index contributed by atoms with van der Waals surface area (Å²) in [6, 6.07) is 0. The Labute approximate surface area is 637 Å². The zero-order valence-corrected chi connectivity index (χ0v) is 66.7. The Morgan fingerprint density at radius 1 is 0.298 bits per heavy atom. The smallest absolute Gasteiger partial charge is 0.306 e. The zero-order chi connectivity index (χ0) is 75.4. The SMILES string of the molecule is CC/C=C\C/C=C\C/C=C\C/C=C\C/C=C\C/C=C\C/C=C\C/C=C\C/C=C\C/C=C\C/C=C\CCCCCCCCCC(=O)OC(COC(=O)CCCCCCC/C=C\C/C=C\C/C=C\C/C=C\C/C=C\C/C=C\C/C=C\C/C=C\C/C=C\C/C=C\C/C=C\CC)COP(=O)([O-])OCC[N+](C)(C)C. The number of carbonyl (C=O) groups excluding carboxylic acids is 2. The molecule has 0 aromatic rings. The van der Waals surface area contributed by atoms with Crippen LogP contribution in [0.1, 0.15) is 258 Å². The molecule has 0 aliphatic heterocycles. The highest BCUT2D eigenvalue weighted by molar-refractivity contribution is 7.45. The number of phosphoric acid groups is 1. The van der Waals surface area contributed by atoms with Crippen LogP contribution in [0.5, 0.6) is 0 Å². The quantitative estimate of drug-likeness (QED) is 0.0195. The van der Waals surface area contributed by atoms with E-state index in [0.717, 1.165) is 212 Å². The number of hydrogen-bond acceptors (Lipinski definition) is 8. The fourth-order valence-corrected chi connectivity index (χ4v) is 10.5. The molecule has 0 aromatic carbocycles. The lowest BCUT2D eigenvalue weighted by atomic mass is 10.1. The predicted molar refractivity (Wildman–Crippen MR) is 451 cm³/mol. The molecule has 0 bridgehead atoms. The minimum atomic E-state index is -4.68. The molecule has 2 atom stereocenters. The molecule has 9 nitrogen and oxygen atoms in total. The summed E-state index contributed by atoms with van der Waals surface area (Å²) in [4.78, 5) is 38.2. The molecule has 2 unspecified atom stereocenters. The van der Waals surface area contributed by atoms with Crippen molar-refractivity contribution in [3.05, 3.63) is 267 Å². The van der Waals surface area contributed by atoms with Gasteiger partial charge in [-0.25, -0.2) is 0 Å². The lowest BCUT2D eigenvalue weighted by Gasteiger charge is -2.28. The standard InChI is InChI=1S/C94H144NO8P/c1-6-8-10-12-14-16-18-20-22-24-26-28-30-32-34-36-38-40-42-44-46-47-49-51-53-55-57-59-61-63-65-67-69-71-73-75-77-79-81-83-85-87-94(97)103-92(91-102-104(98,99)101-89-88-95(3,4)5)90-100-93(96)86-84-82-80-78-76-74-72-70-68-66-64-62-60-58-56-54-52-50-48-45-43-41-39-37-35-33-31-29-27-25-23-21-19-17-15-13-11-9-7-2/h8-11,14-17,20-23,26-29,32-35,38-41,44-46,48-49,51-52,54-55,57-58,60-61,63-64,66-67,69-70,72,92H,6-7,12-13,18-19,24-25,30-31,36-37,42-43,47,50,53,56,59,62,65,68,71,73-91H2,1-5H3/b10-8-,11-9-,16-14-,17-15-,22-20-,23-21-,28-26-,29-27-,34-32-,35-33-,40-38-,41-39-,46-44-,48-45-,51-49-,54-52-,57-55-,60-58-,63-61-,66-64-,69-67-,72-70-. The Bertz CT molecular complexity index is 2770. The van der Waals surface area contributed by atoms with Crippen molar-refractivity contribution in [2.45, 2.75) is 264 Å². The number of likely N-dealkylation sites (N-methyl/N-ethyl adjacent to an activating group) is 1. The minimum absolute atomic E-state index is 0.0514. The molecule has 0 fully saturated rings. The average Bonchev–Trinajstić information content (AvgIpc) is 0.920. The van der Waals surface area contributed by atoms with Crippen molar-refractivity contribution in [1.82, 2.24) is 0 Å². The summed E-state index contributed by atoms with van der Waals surface area (Å²) in [6.45, 7) is 3.94. The summed E-state index contributed by atoms with van der Waals surface area (Å²) < 4.78 is 34.3. The number of esters is 2. The molecule has 0 N–H and O–H groups in total. The maximum Gasteiger partial charge on any atom is 0.306 e. The van der Waals surface area contributed by atoms with E-state index in [1.54, 1.807) is 0 Å². The number of carbonyl (C=O) groups is 2. The van der Waals surface area contributed by atoms with E-state index in [1.807, 2.05) is 21.1 Å². The largest absolute Gasteiger partial charge is 0.756 e. The van der Waals surface area contributed by atoms with Crippen LogP contribution < -0.4 is 4.89 Å². The molecule has 0 aliphatic carbocycles. The van der Waals surface area contributed by atoms with Gasteiger partial charge in [-0.2, -0.15) is 0 Å². The van der Waals surface area contributed by atoms with Gasteiger partial charge >= 0.3 is 11.9 Å². The fourth-order valence-electron chi connectivity index (χ4n) is 9.72. The van der Waals surface area contributed by atoms with Gasteiger partial charge < -0.3 is 27.9 Å². The molecule has 0 saturated heterocycles. The van der Waals surface area contributed by atoms with Crippen LogP contribution >= 0.6 is 7.82 Å². The fraction of sp³-hybridized carbons (Fsp3) is 0.511. The van der Waals surface area contributed by atoms with Gasteiger partial charge in [-0.1, -0.05) is 333 Å². The summed E-state index contributed by atoms with van der Waals surface area (Å²) in [5.41, 5.74) is 0. The van der Waals surface area contributed by atoms with E-state index in [0.29, 0.717) is 23.9 Å². The van der Waals surface area contributed by atoms with E-state index in [-0.39, 0.29) is 26.1 Å². The minimum Gasteiger partial charge on any atom is -0.756 e. The molecule has 0 spiro atoms. The zero-order valence-electron chi connectivity index (χ0n) is 65.8. The molecule has 10 heteroatoms. The highest BCUT2D eigenvalue weighted by atomic mass is 31.2. The Kier molecular flexibility index (Phi) is 75.2. The number of phosphoric ester groups is 1. The third kappa shape index (κ3) is 84.2. The van der Waals surface area contributed by atoms with Crippen LogP contribution in [-0.2, 0) is 32.7 Å². The summed E-state index contributed by atoms with van der Waals surface area (Å²) in [5.74, 6) is -0.889. The topological polar surface area (TPSA) is 111 Å². The Hall–Kier alpha value is -6.71. The van der Waals surface area contributed by atoms with Gasteiger partial charge in [0, 0.05) is 12.8 Å². The summed E-state index contributed by atoms with van der Waals surface area (Å²) >= 11 is 0. The lowest BCUT2D eigenvalue weighted by Crippen LogP contribution is -2.37. The molecule has 0 aliphatic rings. The molecule has 0 aromatic heterocycles. The van der Waals surface area contributed by atoms with Gasteiger partial charge in [-0.05, 0) is 180 Å². The predicted octanol–water partition coefficient (Wildman–Crippen LogP) is 26.7. The van der Waals surface area contributed by atoms with Gasteiger partial charge in [-0.15, -0.1) is 0 Å². The van der Waals surface area contributed by atoms with E-state index in [9.17, 15) is 19.0 Å². The molecule has 104 heavy (non-hydrogen) atoms. The first-order chi connectivity index (χ1) is 51.0. The van der Waals surface area contributed by atoms with Crippen LogP contribution in [0.25, 0.3) is 0 Å². The highest BCUT2D eigenvalue weighted by Gasteiger charge is 2.22. The third-order valence-corrected chi connectivity index (χ3v) is 16.7. The van der Waals surface area contributed by atoms with Crippen molar-refractivity contribution in [1.29, 1.82) is 0 Å². The van der Waals surface area contributed by atoms with E-state index in [2.05, 4.69) is 281 Å². The first-order valence-electron chi connectivity index (χ1n) is 40.0. The second kappa shape index (κ2) is 80.4. The van der Waals surface area contributed by atoms with Gasteiger partial charge in [0.1, 0.15) is 19.8 Å². The van der Waals surface area contributed by atoms with Crippen molar-refractivity contribution in [2.75, 3.05) is 47.5 Å². The number of nitrogens with zero attached hydrogens (tertiary/aromatic N) is 1. The average molecular weight is 1450 g/mol. The van der Waals surface area contributed by atoms with Crippen molar-refractivity contribution in [2.24, 2.45) is 0 Å². The van der Waals surface area contributed by atoms with Gasteiger partial charge in [0.05, 0.1) is 27.7 Å². The van der Waals surface area contributed by atoms with Crippen LogP contribution in [-0.4, -0.2) is 70.0 Å². The van der Waals surface area contributed by atoms with Gasteiger partial charge in [-0.3, -0.25) is 14.2 Å². The van der Waals surface area contributed by atoms with Gasteiger partial charge in [0.25, 0.3) is 7.82 Å². The molecule has 0 amide bonds. The van der Waals surface area contributed by atoms with Crippen molar-refractivity contribution >= 4 is 19.8 Å². The molecule has 0 rings (SSSR count). The molecule has 0 saturated carbocycles. The number of hydrogen-bond donors (Lipinski definition) is 0. The maximum atomic E-state index is 12.9. The van der Waals surface area contributed by atoms with Crippen LogP contribution in [0, 0.1) is 0 Å². The first-order valence-corrected chi connectivity index (χ1v) is 41.5. The maximum absolute atomic E-state index is 12.9. The van der Waals surface area contributed by atoms with Crippen molar-refractivity contribution in [3.63, 3.8) is 0 Å². The summed E-state index contributed by atoms with van der Waals surface area (Å²) in [5, 5.41) is 0. The monoisotopic (exact) mass is 1450 g/mol. The van der Waals surface area contributed by atoms with E-state index in [4.69, 9.17) is 18.5 Å². The van der Waals surface area contributed by atoms with E-state index >= 15 is 0 Å². The van der Waals surface area contributed by atoms with Crippen LogP contribution in [0.2, 0.25) is 0 Å².